The summed E-state index contributed by atoms with van der Waals surface area (Å²) in [6.07, 6.45) is 5.71. The highest BCUT2D eigenvalue weighted by Gasteiger charge is 2.36. The van der Waals surface area contributed by atoms with E-state index in [1.807, 2.05) is 20.3 Å². The molecule has 0 aromatic carbocycles. The summed E-state index contributed by atoms with van der Waals surface area (Å²) in [5.74, 6) is 0.721. The van der Waals surface area contributed by atoms with E-state index in [1.165, 1.54) is 12.8 Å². The molecule has 1 aromatic rings. The van der Waals surface area contributed by atoms with Crippen LogP contribution in [0.2, 0.25) is 0 Å². The van der Waals surface area contributed by atoms with Crippen LogP contribution in [-0.4, -0.2) is 41.3 Å². The van der Waals surface area contributed by atoms with Crippen molar-refractivity contribution in [1.82, 2.24) is 20.3 Å². The maximum absolute atomic E-state index is 5.59. The fourth-order valence-corrected chi connectivity index (χ4v) is 2.21. The van der Waals surface area contributed by atoms with Crippen LogP contribution in [0.1, 0.15) is 18.5 Å². The molecule has 16 heavy (non-hydrogen) atoms. The Bertz CT molecular complexity index is 334. The molecule has 5 heteroatoms. The number of likely N-dealkylation sites (N-methyl/N-ethyl adjacent to an activating group) is 1. The van der Waals surface area contributed by atoms with Crippen LogP contribution >= 0.6 is 0 Å². The molecule has 2 rings (SSSR count). The van der Waals surface area contributed by atoms with Gasteiger partial charge in [0.2, 0.25) is 0 Å². The number of aryl methyl sites for hydroxylation is 1. The molecule has 2 atom stereocenters. The van der Waals surface area contributed by atoms with Crippen LogP contribution in [0.25, 0.3) is 0 Å². The first-order chi connectivity index (χ1) is 7.74. The predicted octanol–water partition coefficient (Wildman–Crippen LogP) is 0.371. The standard InChI is InChI=1S/C11H20N4O/c1-12-10(11(16-3)8-4-5-8)6-9-7-15(2)14-13-9/h7-8,10-12H,4-6H2,1-3H3. The van der Waals surface area contributed by atoms with Crippen molar-refractivity contribution in [1.29, 1.82) is 0 Å². The van der Waals surface area contributed by atoms with Gasteiger partial charge < -0.3 is 10.1 Å². The molecule has 5 nitrogen and oxygen atoms in total. The largest absolute Gasteiger partial charge is 0.380 e. The van der Waals surface area contributed by atoms with Crippen molar-refractivity contribution in [2.45, 2.75) is 31.4 Å². The summed E-state index contributed by atoms with van der Waals surface area (Å²) in [6.45, 7) is 0. The lowest BCUT2D eigenvalue weighted by molar-refractivity contribution is 0.0531. The van der Waals surface area contributed by atoms with Gasteiger partial charge in [-0.15, -0.1) is 5.10 Å². The predicted molar refractivity (Wildman–Crippen MR) is 61.1 cm³/mol. The summed E-state index contributed by atoms with van der Waals surface area (Å²) < 4.78 is 7.33. The number of methoxy groups -OCH3 is 1. The fourth-order valence-electron chi connectivity index (χ4n) is 2.21. The van der Waals surface area contributed by atoms with E-state index in [2.05, 4.69) is 15.6 Å². The zero-order valence-corrected chi connectivity index (χ0v) is 10.2. The van der Waals surface area contributed by atoms with Gasteiger partial charge in [0.25, 0.3) is 0 Å². The van der Waals surface area contributed by atoms with Gasteiger partial charge in [-0.3, -0.25) is 4.68 Å². The van der Waals surface area contributed by atoms with Gasteiger partial charge in [-0.1, -0.05) is 5.21 Å². The number of nitrogens with zero attached hydrogens (tertiary/aromatic N) is 3. The van der Waals surface area contributed by atoms with Crippen molar-refractivity contribution < 1.29 is 4.74 Å². The maximum atomic E-state index is 5.59. The molecular weight excluding hydrogens is 204 g/mol. The van der Waals surface area contributed by atoms with E-state index in [4.69, 9.17) is 4.74 Å². The smallest absolute Gasteiger partial charge is 0.0843 e. The Balaban J connectivity index is 1.98. The van der Waals surface area contributed by atoms with Gasteiger partial charge >= 0.3 is 0 Å². The maximum Gasteiger partial charge on any atom is 0.0843 e. The van der Waals surface area contributed by atoms with E-state index in [0.29, 0.717) is 12.1 Å². The third kappa shape index (κ3) is 2.59. The van der Waals surface area contributed by atoms with Crippen LogP contribution < -0.4 is 5.32 Å². The van der Waals surface area contributed by atoms with Crippen LogP contribution in [-0.2, 0) is 18.2 Å². The molecule has 1 aliphatic rings. The molecule has 1 heterocycles. The van der Waals surface area contributed by atoms with Crippen molar-refractivity contribution in [3.63, 3.8) is 0 Å². The third-order valence-electron chi connectivity index (χ3n) is 3.21. The Labute approximate surface area is 96.2 Å². The summed E-state index contributed by atoms with van der Waals surface area (Å²) >= 11 is 0. The van der Waals surface area contributed by atoms with Crippen LogP contribution in [0.4, 0.5) is 0 Å². The van der Waals surface area contributed by atoms with Crippen molar-refractivity contribution in [3.8, 4) is 0 Å². The molecule has 2 unspecified atom stereocenters. The van der Waals surface area contributed by atoms with E-state index >= 15 is 0 Å². The van der Waals surface area contributed by atoms with Crippen molar-refractivity contribution in [3.05, 3.63) is 11.9 Å². The normalized spacial score (nSPS) is 19.7. The summed E-state index contributed by atoms with van der Waals surface area (Å²) in [4.78, 5) is 0. The molecule has 1 aliphatic carbocycles. The van der Waals surface area contributed by atoms with Crippen LogP contribution in [0.15, 0.2) is 6.20 Å². The van der Waals surface area contributed by atoms with Gasteiger partial charge in [0.1, 0.15) is 0 Å². The van der Waals surface area contributed by atoms with Crippen LogP contribution in [0.3, 0.4) is 0 Å². The van der Waals surface area contributed by atoms with Gasteiger partial charge in [0, 0.05) is 32.8 Å². The molecule has 1 aromatic heterocycles. The SMILES string of the molecule is CNC(Cc1cn(C)nn1)C(OC)C1CC1. The number of hydrogen-bond donors (Lipinski definition) is 1. The molecule has 1 saturated carbocycles. The van der Waals surface area contributed by atoms with Crippen molar-refractivity contribution in [2.75, 3.05) is 14.2 Å². The average molecular weight is 224 g/mol. The molecule has 0 amide bonds. The monoisotopic (exact) mass is 224 g/mol. The van der Waals surface area contributed by atoms with Crippen LogP contribution in [0.5, 0.6) is 0 Å². The fraction of sp³-hybridized carbons (Fsp3) is 0.818. The number of ether oxygens (including phenoxy) is 1. The minimum Gasteiger partial charge on any atom is -0.380 e. The van der Waals surface area contributed by atoms with E-state index < -0.39 is 0 Å². The third-order valence-corrected chi connectivity index (χ3v) is 3.21. The highest BCUT2D eigenvalue weighted by Crippen LogP contribution is 2.36. The Hall–Kier alpha value is -0.940. The molecule has 1 fully saturated rings. The number of rotatable bonds is 6. The molecule has 0 aliphatic heterocycles. The topological polar surface area (TPSA) is 52.0 Å². The Morgan fingerprint density at radius 1 is 1.62 bits per heavy atom. The zero-order chi connectivity index (χ0) is 11.5. The second-order valence-electron chi connectivity index (χ2n) is 4.52. The minimum atomic E-state index is 0.298. The number of nitrogens with one attached hydrogen (secondary N) is 1. The molecule has 0 radical (unpaired) electrons. The van der Waals surface area contributed by atoms with E-state index in [9.17, 15) is 0 Å². The van der Waals surface area contributed by atoms with Gasteiger partial charge in [-0.25, -0.2) is 0 Å². The Kier molecular flexibility index (Phi) is 3.56. The second-order valence-corrected chi connectivity index (χ2v) is 4.52. The zero-order valence-electron chi connectivity index (χ0n) is 10.2. The van der Waals surface area contributed by atoms with E-state index in [0.717, 1.165) is 18.0 Å². The number of hydrogen-bond acceptors (Lipinski definition) is 4. The highest BCUT2D eigenvalue weighted by atomic mass is 16.5. The van der Waals surface area contributed by atoms with E-state index in [-0.39, 0.29) is 0 Å². The first-order valence-corrected chi connectivity index (χ1v) is 5.80. The van der Waals surface area contributed by atoms with Crippen LogP contribution in [0, 0.1) is 5.92 Å². The Morgan fingerprint density at radius 3 is 2.81 bits per heavy atom. The lowest BCUT2D eigenvalue weighted by Crippen LogP contribution is -2.42. The number of aromatic nitrogens is 3. The molecule has 0 saturated heterocycles. The van der Waals surface area contributed by atoms with Gasteiger partial charge in [0.05, 0.1) is 11.8 Å². The van der Waals surface area contributed by atoms with Gasteiger partial charge in [0.15, 0.2) is 0 Å². The first-order valence-electron chi connectivity index (χ1n) is 5.80. The average Bonchev–Trinajstić information content (AvgIpc) is 3.02. The molecule has 0 spiro atoms. The summed E-state index contributed by atoms with van der Waals surface area (Å²) in [6, 6.07) is 0.328. The molecular formula is C11H20N4O. The Morgan fingerprint density at radius 2 is 2.38 bits per heavy atom. The minimum absolute atomic E-state index is 0.298. The second kappa shape index (κ2) is 4.93. The highest BCUT2D eigenvalue weighted by molar-refractivity contribution is 5.00. The summed E-state index contributed by atoms with van der Waals surface area (Å²) in [7, 11) is 5.67. The van der Waals surface area contributed by atoms with Gasteiger partial charge in [-0.05, 0) is 25.8 Å². The quantitative estimate of drug-likeness (QED) is 0.758. The van der Waals surface area contributed by atoms with E-state index in [1.54, 1.807) is 11.8 Å². The lowest BCUT2D eigenvalue weighted by Gasteiger charge is -2.24. The molecule has 90 valence electrons. The first kappa shape index (κ1) is 11.5. The lowest BCUT2D eigenvalue weighted by atomic mass is 10.0. The van der Waals surface area contributed by atoms with Crippen molar-refractivity contribution >= 4 is 0 Å². The summed E-state index contributed by atoms with van der Waals surface area (Å²) in [5, 5.41) is 11.4. The molecule has 1 N–H and O–H groups in total. The van der Waals surface area contributed by atoms with Gasteiger partial charge in [-0.2, -0.15) is 0 Å². The molecule has 0 bridgehead atoms. The van der Waals surface area contributed by atoms with Crippen molar-refractivity contribution in [2.24, 2.45) is 13.0 Å². The summed E-state index contributed by atoms with van der Waals surface area (Å²) in [5.41, 5.74) is 1.02.